The number of aliphatic carboxylic acids is 1. The van der Waals surface area contributed by atoms with E-state index >= 15 is 0 Å². The molecular weight excluding hydrogens is 129 g/mol. The number of hydrogen-bond donors (Lipinski definition) is 2. The zero-order chi connectivity index (χ0) is 7.28. The zero-order valence-corrected chi connectivity index (χ0v) is 6.04. The minimum atomic E-state index is -1.15. The zero-order valence-electron chi connectivity index (χ0n) is 6.04. The van der Waals surface area contributed by atoms with E-state index in [9.17, 15) is 9.90 Å². The minimum Gasteiger partial charge on any atom is -0.550 e. The van der Waals surface area contributed by atoms with Gasteiger partial charge in [-0.05, 0) is 12.8 Å². The van der Waals surface area contributed by atoms with Crippen molar-refractivity contribution >= 4 is 5.97 Å². The molecule has 0 spiro atoms. The van der Waals surface area contributed by atoms with Gasteiger partial charge in [-0.3, -0.25) is 0 Å². The van der Waals surface area contributed by atoms with Gasteiger partial charge in [0, 0.05) is 12.5 Å². The van der Waals surface area contributed by atoms with Gasteiger partial charge >= 0.3 is 18.9 Å². The Kier molecular flexibility index (Phi) is 8.98. The number of aliphatic hydroxyl groups excluding tert-OH is 1. The topological polar surface area (TPSA) is 86.4 Å². The van der Waals surface area contributed by atoms with Crippen LogP contribution in [0.15, 0.2) is 0 Å². The molecule has 0 heterocycles. The van der Waals surface area contributed by atoms with Crippen molar-refractivity contribution in [1.82, 2.24) is 0 Å². The van der Waals surface area contributed by atoms with Gasteiger partial charge in [-0.1, -0.05) is 0 Å². The Labute approximate surface area is 71.6 Å². The summed E-state index contributed by atoms with van der Waals surface area (Å²) in [5.74, 6) is -1.15. The predicted molar refractivity (Wildman–Crippen MR) is 29.3 cm³/mol. The van der Waals surface area contributed by atoms with E-state index in [1.807, 2.05) is 0 Å². The first-order valence-corrected chi connectivity index (χ1v) is 2.74. The molecule has 0 aliphatic rings. The third-order valence-electron chi connectivity index (χ3n) is 0.954. The molecule has 54 valence electrons. The monoisotopic (exact) mass is 139 g/mol. The molecule has 0 aliphatic heterocycles. The molecule has 0 aromatic carbocycles. The van der Waals surface area contributed by atoms with Crippen molar-refractivity contribution in [2.75, 3.05) is 6.54 Å². The second-order valence-corrected chi connectivity index (χ2v) is 1.80. The van der Waals surface area contributed by atoms with E-state index in [4.69, 9.17) is 10.8 Å². The van der Waals surface area contributed by atoms with Crippen LogP contribution in [0.3, 0.4) is 0 Å². The molecule has 0 radical (unpaired) electrons. The van der Waals surface area contributed by atoms with Crippen molar-refractivity contribution in [2.45, 2.75) is 18.9 Å². The molecule has 1 atom stereocenters. The summed E-state index contributed by atoms with van der Waals surface area (Å²) < 4.78 is 0. The van der Waals surface area contributed by atoms with Crippen molar-refractivity contribution in [3.63, 3.8) is 0 Å². The van der Waals surface area contributed by atoms with Gasteiger partial charge in [-0.15, -0.1) is 0 Å². The molecular formula is C5H10LiNO3. The molecule has 1 unspecified atom stereocenters. The summed E-state index contributed by atoms with van der Waals surface area (Å²) in [5.41, 5.74) is 4.99. The molecule has 5 heteroatoms. The third-order valence-corrected chi connectivity index (χ3v) is 0.954. The van der Waals surface area contributed by atoms with Crippen LogP contribution >= 0.6 is 0 Å². The van der Waals surface area contributed by atoms with E-state index in [1.54, 1.807) is 0 Å². The number of carbonyl (C=O) groups is 1. The van der Waals surface area contributed by atoms with Gasteiger partial charge in [-0.25, -0.2) is 0 Å². The average Bonchev–Trinajstić information content (AvgIpc) is 1.83. The van der Waals surface area contributed by atoms with Crippen LogP contribution in [0.5, 0.6) is 0 Å². The number of nitrogens with two attached hydrogens (primary N) is 1. The number of carboxylic acid groups (broad SMARTS) is 1. The van der Waals surface area contributed by atoms with Gasteiger partial charge in [0.15, 0.2) is 0 Å². The molecule has 0 rings (SSSR count). The van der Waals surface area contributed by atoms with Crippen LogP contribution in [-0.2, 0) is 4.79 Å². The van der Waals surface area contributed by atoms with Gasteiger partial charge in [0.25, 0.3) is 0 Å². The normalized spacial score (nSPS) is 11.8. The molecule has 0 aromatic heterocycles. The molecule has 0 fully saturated rings. The number of rotatable bonds is 4. The Bertz CT molecular complexity index is 98.9. The summed E-state index contributed by atoms with van der Waals surface area (Å²) in [7, 11) is 0. The van der Waals surface area contributed by atoms with Gasteiger partial charge in [0.05, 0.1) is 6.10 Å². The Hall–Kier alpha value is -0.0126. The number of carboxylic acids is 1. The smallest absolute Gasteiger partial charge is 0.550 e. The van der Waals surface area contributed by atoms with Crippen LogP contribution in [0, 0.1) is 0 Å². The second-order valence-electron chi connectivity index (χ2n) is 1.80. The standard InChI is InChI=1S/C5H11NO3.Li/c6-3-4(7)1-2-5(8)9;/h4,7H,1-3,6H2,(H,8,9);/q;+1/p-1. The maximum atomic E-state index is 9.76. The fourth-order valence-electron chi connectivity index (χ4n) is 0.402. The van der Waals surface area contributed by atoms with E-state index in [-0.39, 0.29) is 38.2 Å². The quantitative estimate of drug-likeness (QED) is 0.381. The van der Waals surface area contributed by atoms with E-state index < -0.39 is 12.1 Å². The van der Waals surface area contributed by atoms with Crippen LogP contribution < -0.4 is 29.7 Å². The van der Waals surface area contributed by atoms with E-state index in [2.05, 4.69) is 0 Å². The Balaban J connectivity index is 0. The van der Waals surface area contributed by atoms with Crippen molar-refractivity contribution < 1.29 is 33.9 Å². The molecule has 3 N–H and O–H groups in total. The molecule has 4 nitrogen and oxygen atoms in total. The first-order chi connectivity index (χ1) is 4.16. The summed E-state index contributed by atoms with van der Waals surface area (Å²) in [5, 5.41) is 18.4. The van der Waals surface area contributed by atoms with E-state index in [1.165, 1.54) is 0 Å². The van der Waals surface area contributed by atoms with Crippen LogP contribution in [-0.4, -0.2) is 23.7 Å². The van der Waals surface area contributed by atoms with Gasteiger partial charge in [-0.2, -0.15) is 0 Å². The Morgan fingerprint density at radius 1 is 1.70 bits per heavy atom. The summed E-state index contributed by atoms with van der Waals surface area (Å²) in [6.45, 7) is 0.104. The number of aliphatic hydroxyl groups is 1. The molecule has 0 amide bonds. The van der Waals surface area contributed by atoms with E-state index in [0.717, 1.165) is 0 Å². The number of carbonyl (C=O) groups excluding carboxylic acids is 1. The van der Waals surface area contributed by atoms with Crippen LogP contribution in [0.25, 0.3) is 0 Å². The van der Waals surface area contributed by atoms with Gasteiger partial charge < -0.3 is 20.7 Å². The SMILES string of the molecule is NCC(O)CCC(=O)[O-].[Li+]. The van der Waals surface area contributed by atoms with Crippen LogP contribution in [0.1, 0.15) is 12.8 Å². The average molecular weight is 139 g/mol. The summed E-state index contributed by atoms with van der Waals surface area (Å²) in [6, 6.07) is 0. The van der Waals surface area contributed by atoms with E-state index in [0.29, 0.717) is 0 Å². The Morgan fingerprint density at radius 2 is 2.20 bits per heavy atom. The first-order valence-electron chi connectivity index (χ1n) is 2.74. The minimum absolute atomic E-state index is 0. The van der Waals surface area contributed by atoms with Crippen molar-refractivity contribution in [3.05, 3.63) is 0 Å². The fourth-order valence-corrected chi connectivity index (χ4v) is 0.402. The molecule has 0 bridgehead atoms. The first kappa shape index (κ1) is 12.6. The molecule has 0 aromatic rings. The summed E-state index contributed by atoms with van der Waals surface area (Å²) in [6.07, 6.45) is -0.653. The Morgan fingerprint density at radius 3 is 2.50 bits per heavy atom. The van der Waals surface area contributed by atoms with Gasteiger partial charge in [0.2, 0.25) is 0 Å². The molecule has 10 heavy (non-hydrogen) atoms. The summed E-state index contributed by atoms with van der Waals surface area (Å²) in [4.78, 5) is 9.76. The van der Waals surface area contributed by atoms with Crippen molar-refractivity contribution in [3.8, 4) is 0 Å². The molecule has 0 saturated heterocycles. The van der Waals surface area contributed by atoms with Crippen molar-refractivity contribution in [2.24, 2.45) is 5.73 Å². The fraction of sp³-hybridized carbons (Fsp3) is 0.800. The molecule has 0 aliphatic carbocycles. The van der Waals surface area contributed by atoms with Crippen LogP contribution in [0.4, 0.5) is 0 Å². The maximum Gasteiger partial charge on any atom is 1.00 e. The predicted octanol–water partition coefficient (Wildman–Crippen LogP) is -5.16. The van der Waals surface area contributed by atoms with Crippen LogP contribution in [0.2, 0.25) is 0 Å². The van der Waals surface area contributed by atoms with Gasteiger partial charge in [0.1, 0.15) is 0 Å². The van der Waals surface area contributed by atoms with Crippen molar-refractivity contribution in [1.29, 1.82) is 0 Å². The third kappa shape index (κ3) is 7.99. The number of hydrogen-bond acceptors (Lipinski definition) is 4. The molecule has 0 saturated carbocycles. The summed E-state index contributed by atoms with van der Waals surface area (Å²) >= 11 is 0. The second kappa shape index (κ2) is 7.10. The maximum absolute atomic E-state index is 9.76. The largest absolute Gasteiger partial charge is 1.00 e.